The number of piperazine rings is 1. The van der Waals surface area contributed by atoms with E-state index in [1.807, 2.05) is 31.2 Å². The summed E-state index contributed by atoms with van der Waals surface area (Å²) in [5.74, 6) is -0.375. The Hall–Kier alpha value is -3.08. The Morgan fingerprint density at radius 3 is 2.24 bits per heavy atom. The molecule has 0 atom stereocenters. The fraction of sp³-hybridized carbons (Fsp3) is 0.296. The van der Waals surface area contributed by atoms with Crippen LogP contribution < -0.4 is 4.90 Å². The van der Waals surface area contributed by atoms with Gasteiger partial charge in [0, 0.05) is 43.4 Å². The van der Waals surface area contributed by atoms with Crippen LogP contribution in [0.15, 0.2) is 77.7 Å². The van der Waals surface area contributed by atoms with Crippen molar-refractivity contribution in [2.45, 2.75) is 24.5 Å². The smallest absolute Gasteiger partial charge is 0.368 e. The van der Waals surface area contributed by atoms with Gasteiger partial charge in [0.05, 0.1) is 17.0 Å². The summed E-state index contributed by atoms with van der Waals surface area (Å²) < 4.78 is 67.6. The lowest BCUT2D eigenvalue weighted by Crippen LogP contribution is -2.51. The van der Waals surface area contributed by atoms with E-state index in [0.717, 1.165) is 27.6 Å². The molecule has 0 N–H and O–H groups in total. The van der Waals surface area contributed by atoms with Crippen molar-refractivity contribution in [2.24, 2.45) is 0 Å². The molecule has 0 spiro atoms. The molecule has 4 rings (SSSR count). The zero-order valence-corrected chi connectivity index (χ0v) is 22.2. The summed E-state index contributed by atoms with van der Waals surface area (Å²) in [5.41, 5.74) is 1.37. The topological polar surface area (TPSA) is 60.9 Å². The molecule has 1 saturated heterocycles. The zero-order valence-electron chi connectivity index (χ0n) is 20.7. The number of hydrogen-bond donors (Lipinski definition) is 0. The van der Waals surface area contributed by atoms with Crippen molar-refractivity contribution in [1.82, 2.24) is 9.21 Å². The van der Waals surface area contributed by atoms with Gasteiger partial charge in [-0.3, -0.25) is 4.79 Å². The average molecular weight is 566 g/mol. The molecule has 0 radical (unpaired) electrons. The summed E-state index contributed by atoms with van der Waals surface area (Å²) >= 11 is 5.94. The van der Waals surface area contributed by atoms with E-state index in [2.05, 4.69) is 0 Å². The Bertz CT molecular complexity index is 1390. The van der Waals surface area contributed by atoms with Gasteiger partial charge in [-0.2, -0.15) is 17.5 Å². The third-order valence-corrected chi connectivity index (χ3v) is 8.60. The van der Waals surface area contributed by atoms with Crippen LogP contribution in [0.1, 0.15) is 16.7 Å². The number of aryl methyl sites for hydroxylation is 1. The molecule has 1 fully saturated rings. The van der Waals surface area contributed by atoms with Gasteiger partial charge < -0.3 is 9.80 Å². The molecule has 0 unspecified atom stereocenters. The monoisotopic (exact) mass is 565 g/mol. The minimum atomic E-state index is -4.44. The molecular weight excluding hydrogens is 539 g/mol. The number of anilines is 1. The number of halogens is 4. The standard InChI is InChI=1S/C27H27ClF3N3O3S/c1-20-5-2-3-6-21(20)18-34(38(36,37)25-11-9-23(28)10-12-25)19-26(35)33-15-13-32(14-16-33)24-8-4-7-22(17-24)27(29,30)31/h2-12,17H,13-16,18-19H2,1H3. The van der Waals surface area contributed by atoms with E-state index >= 15 is 0 Å². The normalized spacial score (nSPS) is 14.7. The number of carbonyl (C=O) groups excluding carboxylic acids is 1. The number of benzene rings is 3. The third kappa shape index (κ3) is 6.48. The van der Waals surface area contributed by atoms with Gasteiger partial charge in [-0.25, -0.2) is 8.42 Å². The number of carbonyl (C=O) groups is 1. The minimum Gasteiger partial charge on any atom is -0.368 e. The van der Waals surface area contributed by atoms with E-state index in [9.17, 15) is 26.4 Å². The van der Waals surface area contributed by atoms with Gasteiger partial charge in [-0.1, -0.05) is 41.9 Å². The van der Waals surface area contributed by atoms with Gasteiger partial charge >= 0.3 is 6.18 Å². The van der Waals surface area contributed by atoms with Crippen molar-refractivity contribution >= 4 is 33.2 Å². The van der Waals surface area contributed by atoms with Crippen molar-refractivity contribution in [2.75, 3.05) is 37.6 Å². The molecule has 1 amide bonds. The quantitative estimate of drug-likeness (QED) is 0.395. The number of nitrogens with zero attached hydrogens (tertiary/aromatic N) is 3. The van der Waals surface area contributed by atoms with Crippen molar-refractivity contribution in [3.63, 3.8) is 0 Å². The van der Waals surface area contributed by atoms with E-state index in [-0.39, 0.29) is 37.0 Å². The maximum Gasteiger partial charge on any atom is 0.416 e. The Labute approximate surface area is 225 Å². The lowest BCUT2D eigenvalue weighted by Gasteiger charge is -2.37. The summed E-state index contributed by atoms with van der Waals surface area (Å²) in [5, 5.41) is 0.393. The molecule has 1 aliphatic rings. The summed E-state index contributed by atoms with van der Waals surface area (Å²) in [6.07, 6.45) is -4.44. The molecular formula is C27H27ClF3N3O3S. The first kappa shape index (κ1) is 27.9. The van der Waals surface area contributed by atoms with Gasteiger partial charge in [0.25, 0.3) is 0 Å². The van der Waals surface area contributed by atoms with Gasteiger partial charge in [-0.15, -0.1) is 0 Å². The largest absolute Gasteiger partial charge is 0.416 e. The van der Waals surface area contributed by atoms with Crippen LogP contribution in [0.5, 0.6) is 0 Å². The number of alkyl halides is 3. The second-order valence-electron chi connectivity index (χ2n) is 9.07. The van der Waals surface area contributed by atoms with Crippen molar-refractivity contribution in [1.29, 1.82) is 0 Å². The van der Waals surface area contributed by atoms with Crippen LogP contribution in [-0.2, 0) is 27.5 Å². The minimum absolute atomic E-state index is 0.00751. The highest BCUT2D eigenvalue weighted by Gasteiger charge is 2.32. The highest BCUT2D eigenvalue weighted by atomic mass is 35.5. The van der Waals surface area contributed by atoms with E-state index in [4.69, 9.17) is 11.6 Å². The summed E-state index contributed by atoms with van der Waals surface area (Å²) in [4.78, 5) is 16.6. The molecule has 1 aliphatic heterocycles. The van der Waals surface area contributed by atoms with Crippen LogP contribution in [-0.4, -0.2) is 56.3 Å². The Balaban J connectivity index is 1.49. The summed E-state index contributed by atoms with van der Waals surface area (Å²) in [6, 6.07) is 18.2. The fourth-order valence-corrected chi connectivity index (χ4v) is 5.80. The molecule has 0 bridgehead atoms. The highest BCUT2D eigenvalue weighted by molar-refractivity contribution is 7.89. The molecule has 3 aromatic rings. The van der Waals surface area contributed by atoms with E-state index in [1.165, 1.54) is 30.3 Å². The molecule has 38 heavy (non-hydrogen) atoms. The molecule has 0 aromatic heterocycles. The number of rotatable bonds is 7. The third-order valence-electron chi connectivity index (χ3n) is 6.54. The number of hydrogen-bond acceptors (Lipinski definition) is 4. The van der Waals surface area contributed by atoms with E-state index in [0.29, 0.717) is 23.8 Å². The predicted octanol–water partition coefficient (Wildman–Crippen LogP) is 5.21. The van der Waals surface area contributed by atoms with Crippen LogP contribution in [0.4, 0.5) is 18.9 Å². The number of sulfonamides is 1. The lowest BCUT2D eigenvalue weighted by molar-refractivity contribution is -0.137. The Kier molecular flexibility index (Phi) is 8.34. The van der Waals surface area contributed by atoms with Gasteiger partial charge in [0.1, 0.15) is 0 Å². The molecule has 3 aromatic carbocycles. The number of amides is 1. The van der Waals surface area contributed by atoms with E-state index < -0.39 is 21.8 Å². The van der Waals surface area contributed by atoms with Crippen LogP contribution >= 0.6 is 11.6 Å². The van der Waals surface area contributed by atoms with Gasteiger partial charge in [-0.05, 0) is 60.5 Å². The molecule has 11 heteroatoms. The first-order chi connectivity index (χ1) is 17.9. The predicted molar refractivity (Wildman–Crippen MR) is 140 cm³/mol. The summed E-state index contributed by atoms with van der Waals surface area (Å²) in [7, 11) is -4.03. The fourth-order valence-electron chi connectivity index (χ4n) is 4.30. The maximum absolute atomic E-state index is 13.5. The molecule has 6 nitrogen and oxygen atoms in total. The molecule has 0 saturated carbocycles. The summed E-state index contributed by atoms with van der Waals surface area (Å²) in [6.45, 7) is 2.68. The maximum atomic E-state index is 13.5. The van der Waals surface area contributed by atoms with Crippen LogP contribution in [0.3, 0.4) is 0 Å². The van der Waals surface area contributed by atoms with Crippen LogP contribution in [0.2, 0.25) is 5.02 Å². The van der Waals surface area contributed by atoms with E-state index in [1.54, 1.807) is 15.9 Å². The Morgan fingerprint density at radius 1 is 0.947 bits per heavy atom. The molecule has 202 valence electrons. The molecule has 1 heterocycles. The van der Waals surface area contributed by atoms with Crippen molar-refractivity contribution in [3.05, 3.63) is 94.5 Å². The zero-order chi connectivity index (χ0) is 27.5. The van der Waals surface area contributed by atoms with Crippen molar-refractivity contribution < 1.29 is 26.4 Å². The Morgan fingerprint density at radius 2 is 1.61 bits per heavy atom. The van der Waals surface area contributed by atoms with Gasteiger partial charge in [0.15, 0.2) is 0 Å². The first-order valence-corrected chi connectivity index (χ1v) is 13.8. The van der Waals surface area contributed by atoms with Gasteiger partial charge in [0.2, 0.25) is 15.9 Å². The van der Waals surface area contributed by atoms with Crippen LogP contribution in [0.25, 0.3) is 0 Å². The second kappa shape index (κ2) is 11.3. The second-order valence-corrected chi connectivity index (χ2v) is 11.4. The SMILES string of the molecule is Cc1ccccc1CN(CC(=O)N1CCN(c2cccc(C(F)(F)F)c2)CC1)S(=O)(=O)c1ccc(Cl)cc1. The van der Waals surface area contributed by atoms with Crippen LogP contribution in [0, 0.1) is 6.92 Å². The highest BCUT2D eigenvalue weighted by Crippen LogP contribution is 2.32. The van der Waals surface area contributed by atoms with Crippen molar-refractivity contribution in [3.8, 4) is 0 Å². The lowest BCUT2D eigenvalue weighted by atomic mass is 10.1. The first-order valence-electron chi connectivity index (χ1n) is 12.0. The average Bonchev–Trinajstić information content (AvgIpc) is 2.89. The molecule has 0 aliphatic carbocycles.